The zero-order valence-corrected chi connectivity index (χ0v) is 9.18. The molecule has 2 rings (SSSR count). The third-order valence-corrected chi connectivity index (χ3v) is 2.60. The minimum atomic E-state index is -0.219. The first kappa shape index (κ1) is 9.85. The molecular weight excluding hydrogens is 212 g/mol. The molecule has 0 fully saturated rings. The highest BCUT2D eigenvalue weighted by Gasteiger charge is 2.10. The molecule has 1 amide bonds. The Balaban J connectivity index is 2.10. The standard InChI is InChI=1S/C9H10N4OS/c1-5-3-7(12-11-5)9(14)10-8-4-6(2)13-15-8/h3-4H,1-2H3,(H,10,14)(H,11,12). The summed E-state index contributed by atoms with van der Waals surface area (Å²) in [5.41, 5.74) is 2.15. The van der Waals surface area contributed by atoms with Gasteiger partial charge in [0.05, 0.1) is 5.69 Å². The van der Waals surface area contributed by atoms with E-state index in [2.05, 4.69) is 19.9 Å². The van der Waals surface area contributed by atoms with Gasteiger partial charge in [0.15, 0.2) is 5.69 Å². The first-order valence-electron chi connectivity index (χ1n) is 4.42. The van der Waals surface area contributed by atoms with Crippen LogP contribution in [0.25, 0.3) is 0 Å². The molecule has 15 heavy (non-hydrogen) atoms. The normalized spacial score (nSPS) is 10.3. The van der Waals surface area contributed by atoms with Gasteiger partial charge in [-0.2, -0.15) is 9.47 Å². The summed E-state index contributed by atoms with van der Waals surface area (Å²) in [6.45, 7) is 3.73. The van der Waals surface area contributed by atoms with Crippen molar-refractivity contribution in [2.75, 3.05) is 5.32 Å². The molecular formula is C9H10N4OS. The largest absolute Gasteiger partial charge is 0.311 e. The Hall–Kier alpha value is -1.69. The maximum absolute atomic E-state index is 11.6. The highest BCUT2D eigenvalue weighted by atomic mass is 32.1. The quantitative estimate of drug-likeness (QED) is 0.813. The highest BCUT2D eigenvalue weighted by molar-refractivity contribution is 7.10. The number of anilines is 1. The number of H-pyrrole nitrogens is 1. The molecule has 0 aliphatic carbocycles. The van der Waals surface area contributed by atoms with Gasteiger partial charge in [0.25, 0.3) is 5.91 Å². The van der Waals surface area contributed by atoms with Gasteiger partial charge in [0, 0.05) is 5.69 Å². The summed E-state index contributed by atoms with van der Waals surface area (Å²) in [4.78, 5) is 11.6. The molecule has 0 aliphatic heterocycles. The van der Waals surface area contributed by atoms with E-state index in [9.17, 15) is 4.79 Å². The Kier molecular flexibility index (Phi) is 2.51. The van der Waals surface area contributed by atoms with E-state index in [4.69, 9.17) is 0 Å². The topological polar surface area (TPSA) is 70.7 Å². The predicted octanol–water partition coefficient (Wildman–Crippen LogP) is 1.74. The zero-order chi connectivity index (χ0) is 10.8. The van der Waals surface area contributed by atoms with E-state index in [1.165, 1.54) is 11.5 Å². The van der Waals surface area contributed by atoms with Gasteiger partial charge >= 0.3 is 0 Å². The van der Waals surface area contributed by atoms with Crippen molar-refractivity contribution < 1.29 is 4.79 Å². The number of hydrogen-bond acceptors (Lipinski definition) is 4. The smallest absolute Gasteiger partial charge is 0.276 e. The van der Waals surface area contributed by atoms with Crippen molar-refractivity contribution in [1.82, 2.24) is 14.6 Å². The van der Waals surface area contributed by atoms with Crippen LogP contribution in [0.3, 0.4) is 0 Å². The Bertz CT molecular complexity index is 488. The lowest BCUT2D eigenvalue weighted by Gasteiger charge is -1.96. The van der Waals surface area contributed by atoms with Gasteiger partial charge in [-0.15, -0.1) is 0 Å². The first-order chi connectivity index (χ1) is 7.15. The van der Waals surface area contributed by atoms with Crippen molar-refractivity contribution in [3.8, 4) is 0 Å². The number of amides is 1. The van der Waals surface area contributed by atoms with E-state index < -0.39 is 0 Å². The number of nitrogens with zero attached hydrogens (tertiary/aromatic N) is 2. The van der Waals surface area contributed by atoms with Crippen LogP contribution in [0.4, 0.5) is 5.00 Å². The van der Waals surface area contributed by atoms with Gasteiger partial charge in [0.1, 0.15) is 5.00 Å². The minimum absolute atomic E-state index is 0.219. The lowest BCUT2D eigenvalue weighted by atomic mass is 10.3. The number of aryl methyl sites for hydroxylation is 2. The molecule has 0 unspecified atom stereocenters. The summed E-state index contributed by atoms with van der Waals surface area (Å²) in [6, 6.07) is 3.52. The Labute approximate surface area is 90.7 Å². The van der Waals surface area contributed by atoms with Crippen LogP contribution >= 0.6 is 11.5 Å². The summed E-state index contributed by atoms with van der Waals surface area (Å²) >= 11 is 1.26. The molecule has 6 heteroatoms. The van der Waals surface area contributed by atoms with Crippen LogP contribution in [0, 0.1) is 13.8 Å². The van der Waals surface area contributed by atoms with E-state index in [0.717, 1.165) is 16.4 Å². The Morgan fingerprint density at radius 1 is 1.47 bits per heavy atom. The lowest BCUT2D eigenvalue weighted by molar-refractivity contribution is 0.102. The van der Waals surface area contributed by atoms with Gasteiger partial charge in [-0.1, -0.05) is 0 Å². The SMILES string of the molecule is Cc1cc(NC(=O)c2cc(C)[nH]n2)sn1. The predicted molar refractivity (Wildman–Crippen MR) is 58.1 cm³/mol. The van der Waals surface area contributed by atoms with Gasteiger partial charge < -0.3 is 5.32 Å². The molecule has 0 aromatic carbocycles. The van der Waals surface area contributed by atoms with Crippen LogP contribution in [0.5, 0.6) is 0 Å². The number of aromatic nitrogens is 3. The molecule has 2 aromatic heterocycles. The highest BCUT2D eigenvalue weighted by Crippen LogP contribution is 2.16. The second kappa shape index (κ2) is 3.82. The van der Waals surface area contributed by atoms with Crippen LogP contribution in [0.15, 0.2) is 12.1 Å². The second-order valence-electron chi connectivity index (χ2n) is 3.22. The van der Waals surface area contributed by atoms with Gasteiger partial charge in [-0.05, 0) is 37.5 Å². The Morgan fingerprint density at radius 2 is 2.27 bits per heavy atom. The molecule has 0 bridgehead atoms. The molecule has 0 atom stereocenters. The molecule has 0 aliphatic rings. The molecule has 2 aromatic rings. The second-order valence-corrected chi connectivity index (χ2v) is 4.03. The van der Waals surface area contributed by atoms with Gasteiger partial charge in [0.2, 0.25) is 0 Å². The Morgan fingerprint density at radius 3 is 2.80 bits per heavy atom. The molecule has 0 spiro atoms. The van der Waals surface area contributed by atoms with E-state index in [1.54, 1.807) is 6.07 Å². The maximum Gasteiger partial charge on any atom is 0.276 e. The lowest BCUT2D eigenvalue weighted by Crippen LogP contribution is -2.11. The molecule has 0 saturated carbocycles. The van der Waals surface area contributed by atoms with E-state index in [-0.39, 0.29) is 5.91 Å². The fourth-order valence-electron chi connectivity index (χ4n) is 1.13. The number of carbonyl (C=O) groups excluding carboxylic acids is 1. The third-order valence-electron chi connectivity index (χ3n) is 1.80. The number of rotatable bonds is 2. The van der Waals surface area contributed by atoms with Crippen molar-refractivity contribution in [3.05, 3.63) is 29.2 Å². The number of carbonyl (C=O) groups is 1. The molecule has 0 saturated heterocycles. The van der Waals surface area contributed by atoms with Crippen molar-refractivity contribution in [2.45, 2.75) is 13.8 Å². The summed E-state index contributed by atoms with van der Waals surface area (Å²) in [5.74, 6) is -0.219. The van der Waals surface area contributed by atoms with Crippen molar-refractivity contribution >= 4 is 22.4 Å². The number of nitrogens with one attached hydrogen (secondary N) is 2. The molecule has 2 heterocycles. The summed E-state index contributed by atoms with van der Waals surface area (Å²) in [6.07, 6.45) is 0. The summed E-state index contributed by atoms with van der Waals surface area (Å²) in [5, 5.41) is 10.0. The van der Waals surface area contributed by atoms with Crippen molar-refractivity contribution in [1.29, 1.82) is 0 Å². The number of hydrogen-bond donors (Lipinski definition) is 2. The third kappa shape index (κ3) is 2.21. The molecule has 78 valence electrons. The molecule has 2 N–H and O–H groups in total. The van der Waals surface area contributed by atoms with Crippen LogP contribution in [-0.2, 0) is 0 Å². The van der Waals surface area contributed by atoms with Crippen LogP contribution < -0.4 is 5.32 Å². The van der Waals surface area contributed by atoms with E-state index in [0.29, 0.717) is 5.69 Å². The molecule has 0 radical (unpaired) electrons. The van der Waals surface area contributed by atoms with Crippen LogP contribution in [-0.4, -0.2) is 20.5 Å². The summed E-state index contributed by atoms with van der Waals surface area (Å²) in [7, 11) is 0. The fraction of sp³-hybridized carbons (Fsp3) is 0.222. The first-order valence-corrected chi connectivity index (χ1v) is 5.19. The van der Waals surface area contributed by atoms with E-state index >= 15 is 0 Å². The number of aromatic amines is 1. The minimum Gasteiger partial charge on any atom is -0.311 e. The van der Waals surface area contributed by atoms with Crippen molar-refractivity contribution in [2.24, 2.45) is 0 Å². The average molecular weight is 222 g/mol. The average Bonchev–Trinajstić information content (AvgIpc) is 2.75. The monoisotopic (exact) mass is 222 g/mol. The van der Waals surface area contributed by atoms with Gasteiger partial charge in [-0.25, -0.2) is 0 Å². The fourth-order valence-corrected chi connectivity index (χ4v) is 1.79. The molecule has 5 nitrogen and oxygen atoms in total. The van der Waals surface area contributed by atoms with Gasteiger partial charge in [-0.3, -0.25) is 9.89 Å². The van der Waals surface area contributed by atoms with E-state index in [1.807, 2.05) is 19.9 Å². The van der Waals surface area contributed by atoms with Crippen LogP contribution in [0.1, 0.15) is 21.9 Å². The summed E-state index contributed by atoms with van der Waals surface area (Å²) < 4.78 is 4.07. The zero-order valence-electron chi connectivity index (χ0n) is 8.37. The van der Waals surface area contributed by atoms with Crippen molar-refractivity contribution in [3.63, 3.8) is 0 Å². The maximum atomic E-state index is 11.6. The van der Waals surface area contributed by atoms with Crippen LogP contribution in [0.2, 0.25) is 0 Å².